The maximum Gasteiger partial charge on any atom is 0.161 e. The summed E-state index contributed by atoms with van der Waals surface area (Å²) in [6.45, 7) is 8.21. The zero-order valence-corrected chi connectivity index (χ0v) is 13.6. The molecule has 2 aromatic carbocycles. The SMILES string of the molecule is CCOc1ccc(CNC(C)c2ccccc2)cc1OCC. The Labute approximate surface area is 133 Å². The van der Waals surface area contributed by atoms with Gasteiger partial charge >= 0.3 is 0 Å². The van der Waals surface area contributed by atoms with E-state index >= 15 is 0 Å². The van der Waals surface area contributed by atoms with Crippen molar-refractivity contribution in [2.24, 2.45) is 0 Å². The van der Waals surface area contributed by atoms with Crippen molar-refractivity contribution in [2.45, 2.75) is 33.4 Å². The maximum absolute atomic E-state index is 5.67. The fourth-order valence-corrected chi connectivity index (χ4v) is 2.34. The number of rotatable bonds is 8. The molecule has 2 aromatic rings. The van der Waals surface area contributed by atoms with Crippen LogP contribution in [0.5, 0.6) is 11.5 Å². The second kappa shape index (κ2) is 8.44. The average molecular weight is 299 g/mol. The lowest BCUT2D eigenvalue weighted by atomic mass is 10.1. The minimum Gasteiger partial charge on any atom is -0.490 e. The summed E-state index contributed by atoms with van der Waals surface area (Å²) >= 11 is 0. The minimum atomic E-state index is 0.309. The highest BCUT2D eigenvalue weighted by molar-refractivity contribution is 5.43. The Balaban J connectivity index is 2.02. The monoisotopic (exact) mass is 299 g/mol. The van der Waals surface area contributed by atoms with Gasteiger partial charge < -0.3 is 14.8 Å². The van der Waals surface area contributed by atoms with Crippen molar-refractivity contribution in [3.8, 4) is 11.5 Å². The Morgan fingerprint density at radius 3 is 2.27 bits per heavy atom. The van der Waals surface area contributed by atoms with Crippen molar-refractivity contribution in [2.75, 3.05) is 13.2 Å². The van der Waals surface area contributed by atoms with Gasteiger partial charge in [0, 0.05) is 12.6 Å². The molecular weight excluding hydrogens is 274 g/mol. The second-order valence-electron chi connectivity index (χ2n) is 5.16. The van der Waals surface area contributed by atoms with Crippen molar-refractivity contribution >= 4 is 0 Å². The molecule has 0 radical (unpaired) electrons. The Morgan fingerprint density at radius 2 is 1.59 bits per heavy atom. The molecule has 2 rings (SSSR count). The Kier molecular flexibility index (Phi) is 6.28. The molecule has 22 heavy (non-hydrogen) atoms. The van der Waals surface area contributed by atoms with E-state index in [2.05, 4.69) is 48.6 Å². The van der Waals surface area contributed by atoms with Crippen LogP contribution in [-0.2, 0) is 6.54 Å². The lowest BCUT2D eigenvalue weighted by molar-refractivity contribution is 0.287. The quantitative estimate of drug-likeness (QED) is 0.786. The summed E-state index contributed by atoms with van der Waals surface area (Å²) in [5.74, 6) is 1.63. The van der Waals surface area contributed by atoms with Gasteiger partial charge in [-0.1, -0.05) is 36.4 Å². The molecule has 3 nitrogen and oxygen atoms in total. The van der Waals surface area contributed by atoms with Gasteiger partial charge in [0.25, 0.3) is 0 Å². The number of nitrogens with one attached hydrogen (secondary N) is 1. The van der Waals surface area contributed by atoms with Crippen LogP contribution >= 0.6 is 0 Å². The molecule has 0 aromatic heterocycles. The topological polar surface area (TPSA) is 30.5 Å². The number of benzene rings is 2. The van der Waals surface area contributed by atoms with Crippen LogP contribution in [0.4, 0.5) is 0 Å². The first-order valence-corrected chi connectivity index (χ1v) is 7.91. The largest absolute Gasteiger partial charge is 0.490 e. The van der Waals surface area contributed by atoms with Crippen molar-refractivity contribution < 1.29 is 9.47 Å². The summed E-state index contributed by atoms with van der Waals surface area (Å²) < 4.78 is 11.3. The Morgan fingerprint density at radius 1 is 0.909 bits per heavy atom. The van der Waals surface area contributed by atoms with Gasteiger partial charge in [-0.05, 0) is 44.0 Å². The molecule has 0 aliphatic rings. The van der Waals surface area contributed by atoms with Crippen LogP contribution in [0.15, 0.2) is 48.5 Å². The van der Waals surface area contributed by atoms with Crippen molar-refractivity contribution in [1.82, 2.24) is 5.32 Å². The highest BCUT2D eigenvalue weighted by Gasteiger charge is 2.08. The van der Waals surface area contributed by atoms with Crippen molar-refractivity contribution in [1.29, 1.82) is 0 Å². The zero-order valence-electron chi connectivity index (χ0n) is 13.6. The predicted molar refractivity (Wildman–Crippen MR) is 90.5 cm³/mol. The average Bonchev–Trinajstić information content (AvgIpc) is 2.56. The molecule has 0 saturated carbocycles. The standard InChI is InChI=1S/C19H25NO2/c1-4-21-18-12-11-16(13-19(18)22-5-2)14-20-15(3)17-9-7-6-8-10-17/h6-13,15,20H,4-5,14H2,1-3H3. The van der Waals surface area contributed by atoms with Gasteiger partial charge in [-0.15, -0.1) is 0 Å². The van der Waals surface area contributed by atoms with E-state index in [-0.39, 0.29) is 0 Å². The van der Waals surface area contributed by atoms with Gasteiger partial charge in [0.05, 0.1) is 13.2 Å². The molecule has 1 unspecified atom stereocenters. The van der Waals surface area contributed by atoms with E-state index in [1.807, 2.05) is 26.0 Å². The van der Waals surface area contributed by atoms with E-state index in [0.717, 1.165) is 18.0 Å². The van der Waals surface area contributed by atoms with Crippen LogP contribution in [0.2, 0.25) is 0 Å². The third-order valence-corrected chi connectivity index (χ3v) is 3.52. The number of hydrogen-bond donors (Lipinski definition) is 1. The molecule has 0 aliphatic heterocycles. The highest BCUT2D eigenvalue weighted by atomic mass is 16.5. The highest BCUT2D eigenvalue weighted by Crippen LogP contribution is 2.28. The van der Waals surface area contributed by atoms with E-state index in [1.54, 1.807) is 0 Å². The molecular formula is C19H25NO2. The van der Waals surface area contributed by atoms with Gasteiger partial charge in [-0.25, -0.2) is 0 Å². The van der Waals surface area contributed by atoms with Crippen LogP contribution < -0.4 is 14.8 Å². The molecule has 1 N–H and O–H groups in total. The fourth-order valence-electron chi connectivity index (χ4n) is 2.34. The van der Waals surface area contributed by atoms with E-state index in [4.69, 9.17) is 9.47 Å². The summed E-state index contributed by atoms with van der Waals surface area (Å²) in [4.78, 5) is 0. The lowest BCUT2D eigenvalue weighted by Crippen LogP contribution is -2.18. The second-order valence-corrected chi connectivity index (χ2v) is 5.16. The predicted octanol–water partition coefficient (Wildman–Crippen LogP) is 4.33. The minimum absolute atomic E-state index is 0.309. The van der Waals surface area contributed by atoms with E-state index in [0.29, 0.717) is 19.3 Å². The molecule has 0 aliphatic carbocycles. The molecule has 0 amide bonds. The summed E-state index contributed by atoms with van der Waals surface area (Å²) in [7, 11) is 0. The summed E-state index contributed by atoms with van der Waals surface area (Å²) in [6, 6.07) is 16.9. The van der Waals surface area contributed by atoms with Gasteiger partial charge in [0.2, 0.25) is 0 Å². The van der Waals surface area contributed by atoms with E-state index < -0.39 is 0 Å². The summed E-state index contributed by atoms with van der Waals surface area (Å²) in [5, 5.41) is 3.54. The molecule has 118 valence electrons. The first-order valence-electron chi connectivity index (χ1n) is 7.91. The van der Waals surface area contributed by atoms with Crippen molar-refractivity contribution in [3.63, 3.8) is 0 Å². The van der Waals surface area contributed by atoms with E-state index in [9.17, 15) is 0 Å². The van der Waals surface area contributed by atoms with Crippen LogP contribution in [0, 0.1) is 0 Å². The number of ether oxygens (including phenoxy) is 2. The van der Waals surface area contributed by atoms with Gasteiger partial charge in [-0.3, -0.25) is 0 Å². The summed E-state index contributed by atoms with van der Waals surface area (Å²) in [5.41, 5.74) is 2.48. The molecule has 0 fully saturated rings. The van der Waals surface area contributed by atoms with Gasteiger partial charge in [-0.2, -0.15) is 0 Å². The Bertz CT molecular complexity index is 569. The van der Waals surface area contributed by atoms with Crippen molar-refractivity contribution in [3.05, 3.63) is 59.7 Å². The summed E-state index contributed by atoms with van der Waals surface area (Å²) in [6.07, 6.45) is 0. The first-order chi connectivity index (χ1) is 10.7. The first kappa shape index (κ1) is 16.4. The normalized spacial score (nSPS) is 12.0. The molecule has 3 heteroatoms. The molecule has 1 atom stereocenters. The zero-order chi connectivity index (χ0) is 15.8. The molecule has 0 heterocycles. The van der Waals surface area contributed by atoms with Crippen LogP contribution in [0.25, 0.3) is 0 Å². The Hall–Kier alpha value is -2.00. The molecule has 0 saturated heterocycles. The molecule has 0 spiro atoms. The van der Waals surface area contributed by atoms with Crippen LogP contribution in [0.1, 0.15) is 37.9 Å². The molecule has 0 bridgehead atoms. The fraction of sp³-hybridized carbons (Fsp3) is 0.368. The van der Waals surface area contributed by atoms with Crippen LogP contribution in [-0.4, -0.2) is 13.2 Å². The maximum atomic E-state index is 5.67. The van der Waals surface area contributed by atoms with Gasteiger partial charge in [0.15, 0.2) is 11.5 Å². The lowest BCUT2D eigenvalue weighted by Gasteiger charge is -2.16. The van der Waals surface area contributed by atoms with E-state index in [1.165, 1.54) is 11.1 Å². The van der Waals surface area contributed by atoms with Gasteiger partial charge in [0.1, 0.15) is 0 Å². The third kappa shape index (κ3) is 4.50. The third-order valence-electron chi connectivity index (χ3n) is 3.52. The van der Waals surface area contributed by atoms with Crippen LogP contribution in [0.3, 0.4) is 0 Å². The number of hydrogen-bond acceptors (Lipinski definition) is 3. The smallest absolute Gasteiger partial charge is 0.161 e.